The van der Waals surface area contributed by atoms with Gasteiger partial charge in [0.25, 0.3) is 0 Å². The summed E-state index contributed by atoms with van der Waals surface area (Å²) in [5.74, 6) is 0.828. The Hall–Kier alpha value is -1.88. The van der Waals surface area contributed by atoms with Gasteiger partial charge >= 0.3 is 0 Å². The van der Waals surface area contributed by atoms with Crippen molar-refractivity contribution in [2.45, 2.75) is 50.5 Å². The van der Waals surface area contributed by atoms with Gasteiger partial charge in [-0.1, -0.05) is 24.6 Å². The fraction of sp³-hybridized carbons (Fsp3) is 0.600. The molecule has 5 heteroatoms. The smallest absolute Gasteiger partial charge is 0.244 e. The maximum atomic E-state index is 13.0. The number of rotatable bonds is 4. The van der Waals surface area contributed by atoms with E-state index in [0.29, 0.717) is 12.3 Å². The fourth-order valence-electron chi connectivity index (χ4n) is 4.45. The van der Waals surface area contributed by atoms with Gasteiger partial charge in [0.15, 0.2) is 0 Å². The van der Waals surface area contributed by atoms with Gasteiger partial charge in [-0.3, -0.25) is 9.59 Å². The van der Waals surface area contributed by atoms with E-state index < -0.39 is 0 Å². The van der Waals surface area contributed by atoms with Crippen molar-refractivity contribution in [2.24, 2.45) is 0 Å². The Morgan fingerprint density at radius 3 is 2.84 bits per heavy atom. The van der Waals surface area contributed by atoms with Gasteiger partial charge in [-0.25, -0.2) is 0 Å². The molecule has 0 saturated carbocycles. The van der Waals surface area contributed by atoms with E-state index in [0.717, 1.165) is 64.0 Å². The number of likely N-dealkylation sites (tertiary alicyclic amines) is 1. The van der Waals surface area contributed by atoms with E-state index >= 15 is 0 Å². The first-order chi connectivity index (χ1) is 12.2. The number of para-hydroxylation sites is 1. The number of anilines is 1. The van der Waals surface area contributed by atoms with E-state index in [-0.39, 0.29) is 17.9 Å². The molecule has 0 spiro atoms. The third-order valence-electron chi connectivity index (χ3n) is 5.86. The highest BCUT2D eigenvalue weighted by Crippen LogP contribution is 2.38. The Labute approximate surface area is 149 Å². The minimum Gasteiger partial charge on any atom is -0.343 e. The van der Waals surface area contributed by atoms with Crippen LogP contribution in [-0.2, 0) is 9.59 Å². The second-order valence-electron chi connectivity index (χ2n) is 7.48. The van der Waals surface area contributed by atoms with Gasteiger partial charge in [0.05, 0.1) is 6.04 Å². The average molecular weight is 341 g/mol. The molecular weight excluding hydrogens is 314 g/mol. The Morgan fingerprint density at radius 1 is 1.20 bits per heavy atom. The van der Waals surface area contributed by atoms with Crippen LogP contribution in [0.2, 0.25) is 0 Å². The summed E-state index contributed by atoms with van der Waals surface area (Å²) < 4.78 is 0. The summed E-state index contributed by atoms with van der Waals surface area (Å²) >= 11 is 0. The van der Waals surface area contributed by atoms with Crippen LogP contribution in [0.15, 0.2) is 24.3 Å². The summed E-state index contributed by atoms with van der Waals surface area (Å²) in [6.07, 6.45) is 5.83. The lowest BCUT2D eigenvalue weighted by Gasteiger charge is -2.28. The predicted molar refractivity (Wildman–Crippen MR) is 97.6 cm³/mol. The number of nitrogens with zero attached hydrogens (tertiary/aromatic N) is 2. The van der Waals surface area contributed by atoms with E-state index in [4.69, 9.17) is 0 Å². The zero-order valence-electron chi connectivity index (χ0n) is 14.7. The molecule has 0 bridgehead atoms. The number of hydrogen-bond donors (Lipinski definition) is 1. The van der Waals surface area contributed by atoms with Crippen LogP contribution in [0.1, 0.15) is 50.0 Å². The van der Waals surface area contributed by atoms with Crippen LogP contribution in [0.25, 0.3) is 0 Å². The maximum Gasteiger partial charge on any atom is 0.244 e. The maximum absolute atomic E-state index is 13.0. The summed E-state index contributed by atoms with van der Waals surface area (Å²) in [5.41, 5.74) is 2.33. The highest BCUT2D eigenvalue weighted by atomic mass is 16.2. The third kappa shape index (κ3) is 3.30. The van der Waals surface area contributed by atoms with Crippen molar-refractivity contribution >= 4 is 17.5 Å². The zero-order chi connectivity index (χ0) is 17.2. The molecule has 3 heterocycles. The molecule has 25 heavy (non-hydrogen) atoms. The molecule has 1 aromatic rings. The molecule has 2 saturated heterocycles. The number of fused-ring (bicyclic) bond motifs is 1. The first-order valence-electron chi connectivity index (χ1n) is 9.65. The molecule has 0 unspecified atom stereocenters. The molecule has 0 radical (unpaired) electrons. The minimum absolute atomic E-state index is 0.0410. The van der Waals surface area contributed by atoms with Crippen molar-refractivity contribution in [3.63, 3.8) is 0 Å². The number of benzene rings is 1. The summed E-state index contributed by atoms with van der Waals surface area (Å²) in [5, 5.41) is 3.38. The number of hydrogen-bond acceptors (Lipinski definition) is 3. The zero-order valence-corrected chi connectivity index (χ0v) is 14.7. The van der Waals surface area contributed by atoms with Crippen LogP contribution in [-0.4, -0.2) is 48.9 Å². The Balaban J connectivity index is 1.47. The SMILES string of the molecule is O=C1CCCN1CC[C@@H]1CN(C(=O)[C@@H]2CCCCN2)c2ccccc21. The highest BCUT2D eigenvalue weighted by Gasteiger charge is 2.36. The second-order valence-corrected chi connectivity index (χ2v) is 7.48. The molecular formula is C20H27N3O2. The lowest BCUT2D eigenvalue weighted by atomic mass is 9.98. The van der Waals surface area contributed by atoms with Crippen molar-refractivity contribution in [1.29, 1.82) is 0 Å². The summed E-state index contributed by atoms with van der Waals surface area (Å²) in [7, 11) is 0. The molecule has 0 aromatic heterocycles. The van der Waals surface area contributed by atoms with Gasteiger partial charge in [0.2, 0.25) is 11.8 Å². The highest BCUT2D eigenvalue weighted by molar-refractivity contribution is 5.99. The first-order valence-corrected chi connectivity index (χ1v) is 9.65. The molecule has 3 aliphatic rings. The van der Waals surface area contributed by atoms with Gasteiger partial charge in [0, 0.05) is 37.7 Å². The Kier molecular flexibility index (Phi) is 4.75. The number of piperidine rings is 1. The number of carbonyl (C=O) groups is 2. The molecule has 4 rings (SSSR count). The van der Waals surface area contributed by atoms with E-state index in [9.17, 15) is 9.59 Å². The van der Waals surface area contributed by atoms with Crippen LogP contribution in [0, 0.1) is 0 Å². The molecule has 3 aliphatic heterocycles. The van der Waals surface area contributed by atoms with Crippen LogP contribution in [0.4, 0.5) is 5.69 Å². The second kappa shape index (κ2) is 7.16. The quantitative estimate of drug-likeness (QED) is 0.914. The molecule has 5 nitrogen and oxygen atoms in total. The Morgan fingerprint density at radius 2 is 2.08 bits per heavy atom. The lowest BCUT2D eigenvalue weighted by Crippen LogP contribution is -2.48. The average Bonchev–Trinajstić information content (AvgIpc) is 3.23. The van der Waals surface area contributed by atoms with E-state index in [1.807, 2.05) is 15.9 Å². The first kappa shape index (κ1) is 16.6. The summed E-state index contributed by atoms with van der Waals surface area (Å²) in [4.78, 5) is 28.8. The van der Waals surface area contributed by atoms with Crippen LogP contribution in [0.5, 0.6) is 0 Å². The van der Waals surface area contributed by atoms with E-state index in [1.165, 1.54) is 5.56 Å². The number of nitrogens with one attached hydrogen (secondary N) is 1. The van der Waals surface area contributed by atoms with E-state index in [1.54, 1.807) is 0 Å². The standard InChI is InChI=1S/C20H27N3O2/c24-19-9-5-12-22(19)13-10-15-14-23(18-8-2-1-6-16(15)18)20(25)17-7-3-4-11-21-17/h1-2,6,8,15,17,21H,3-5,7,9-14H2/t15-,17+/m1/s1. The van der Waals surface area contributed by atoms with Crippen molar-refractivity contribution in [1.82, 2.24) is 10.2 Å². The van der Waals surface area contributed by atoms with Crippen LogP contribution in [0.3, 0.4) is 0 Å². The third-order valence-corrected chi connectivity index (χ3v) is 5.86. The fourth-order valence-corrected chi connectivity index (χ4v) is 4.45. The summed E-state index contributed by atoms with van der Waals surface area (Å²) in [6, 6.07) is 8.24. The van der Waals surface area contributed by atoms with Gasteiger partial charge in [-0.15, -0.1) is 0 Å². The summed E-state index contributed by atoms with van der Waals surface area (Å²) in [6.45, 7) is 3.38. The van der Waals surface area contributed by atoms with Crippen molar-refractivity contribution in [2.75, 3.05) is 31.1 Å². The Bertz CT molecular complexity index is 654. The van der Waals surface area contributed by atoms with Crippen molar-refractivity contribution in [3.8, 4) is 0 Å². The molecule has 134 valence electrons. The lowest BCUT2D eigenvalue weighted by molar-refractivity contribution is -0.127. The van der Waals surface area contributed by atoms with Crippen molar-refractivity contribution < 1.29 is 9.59 Å². The predicted octanol–water partition coefficient (Wildman–Crippen LogP) is 2.27. The number of carbonyl (C=O) groups excluding carboxylic acids is 2. The monoisotopic (exact) mass is 341 g/mol. The molecule has 2 atom stereocenters. The molecule has 1 aromatic carbocycles. The van der Waals surface area contributed by atoms with Gasteiger partial charge in [0.1, 0.15) is 0 Å². The van der Waals surface area contributed by atoms with E-state index in [2.05, 4.69) is 23.5 Å². The minimum atomic E-state index is -0.0410. The molecule has 2 fully saturated rings. The largest absolute Gasteiger partial charge is 0.343 e. The van der Waals surface area contributed by atoms with Gasteiger partial charge < -0.3 is 15.1 Å². The normalized spacial score (nSPS) is 26.2. The molecule has 1 N–H and O–H groups in total. The van der Waals surface area contributed by atoms with Crippen LogP contribution >= 0.6 is 0 Å². The molecule has 2 amide bonds. The number of amides is 2. The topological polar surface area (TPSA) is 52.7 Å². The van der Waals surface area contributed by atoms with Gasteiger partial charge in [-0.05, 0) is 43.9 Å². The van der Waals surface area contributed by atoms with Crippen molar-refractivity contribution in [3.05, 3.63) is 29.8 Å². The van der Waals surface area contributed by atoms with Crippen LogP contribution < -0.4 is 10.2 Å². The molecule has 0 aliphatic carbocycles. The van der Waals surface area contributed by atoms with Gasteiger partial charge in [-0.2, -0.15) is 0 Å².